The number of nitrogens with zero attached hydrogens (tertiary/aromatic N) is 2. The Morgan fingerprint density at radius 1 is 1.15 bits per heavy atom. The van der Waals surface area contributed by atoms with E-state index >= 15 is 0 Å². The standard InChI is InChI=1S/C18H23Cl2N3O3/c1-10(2)23(11(3)4)15(24)9-22-16(25)18(5,21-17(22)26)12-6-7-13(19)14(20)8-12/h6-8,10-11H,9H2,1-5H3,(H,21,26). The molecule has 1 saturated heterocycles. The molecule has 0 spiro atoms. The number of amides is 4. The number of nitrogens with one attached hydrogen (secondary N) is 1. The highest BCUT2D eigenvalue weighted by atomic mass is 35.5. The van der Waals surface area contributed by atoms with E-state index < -0.39 is 17.5 Å². The molecule has 0 aromatic heterocycles. The van der Waals surface area contributed by atoms with Gasteiger partial charge in [0, 0.05) is 12.1 Å². The van der Waals surface area contributed by atoms with E-state index in [9.17, 15) is 14.4 Å². The molecule has 1 N–H and O–H groups in total. The zero-order valence-electron chi connectivity index (χ0n) is 15.5. The van der Waals surface area contributed by atoms with Crippen molar-refractivity contribution in [1.29, 1.82) is 0 Å². The lowest BCUT2D eigenvalue weighted by Gasteiger charge is -2.32. The van der Waals surface area contributed by atoms with Crippen LogP contribution in [0.3, 0.4) is 0 Å². The zero-order valence-corrected chi connectivity index (χ0v) is 17.0. The number of carbonyl (C=O) groups is 3. The van der Waals surface area contributed by atoms with E-state index in [1.54, 1.807) is 30.0 Å². The fourth-order valence-corrected chi connectivity index (χ4v) is 3.53. The Kier molecular flexibility index (Phi) is 5.88. The fraction of sp³-hybridized carbons (Fsp3) is 0.500. The van der Waals surface area contributed by atoms with E-state index in [0.29, 0.717) is 10.6 Å². The van der Waals surface area contributed by atoms with Crippen molar-refractivity contribution in [2.45, 2.75) is 52.2 Å². The number of hydrogen-bond acceptors (Lipinski definition) is 3. The second kappa shape index (κ2) is 7.45. The summed E-state index contributed by atoms with van der Waals surface area (Å²) in [7, 11) is 0. The Balaban J connectivity index is 2.28. The van der Waals surface area contributed by atoms with Gasteiger partial charge in [0.05, 0.1) is 10.0 Å². The lowest BCUT2D eigenvalue weighted by Crippen LogP contribution is -2.49. The molecule has 1 aromatic rings. The third kappa shape index (κ3) is 3.67. The van der Waals surface area contributed by atoms with Gasteiger partial charge < -0.3 is 10.2 Å². The van der Waals surface area contributed by atoms with Crippen LogP contribution in [0, 0.1) is 0 Å². The van der Waals surface area contributed by atoms with Gasteiger partial charge in [0.1, 0.15) is 12.1 Å². The summed E-state index contributed by atoms with van der Waals surface area (Å²) in [6.07, 6.45) is 0. The maximum Gasteiger partial charge on any atom is 0.325 e. The van der Waals surface area contributed by atoms with Gasteiger partial charge in [-0.2, -0.15) is 0 Å². The van der Waals surface area contributed by atoms with Crippen molar-refractivity contribution in [3.05, 3.63) is 33.8 Å². The van der Waals surface area contributed by atoms with Crippen LogP contribution in [0.1, 0.15) is 40.2 Å². The molecule has 1 heterocycles. The van der Waals surface area contributed by atoms with Crippen LogP contribution in [0.2, 0.25) is 10.0 Å². The van der Waals surface area contributed by atoms with Crippen molar-refractivity contribution in [3.8, 4) is 0 Å². The minimum Gasteiger partial charge on any atom is -0.336 e. The average Bonchev–Trinajstić information content (AvgIpc) is 2.73. The molecule has 1 aliphatic rings. The van der Waals surface area contributed by atoms with E-state index in [-0.39, 0.29) is 29.6 Å². The van der Waals surface area contributed by atoms with Crippen molar-refractivity contribution >= 4 is 41.0 Å². The Hall–Kier alpha value is -1.79. The summed E-state index contributed by atoms with van der Waals surface area (Å²) in [5.41, 5.74) is -0.795. The third-order valence-electron chi connectivity index (χ3n) is 4.47. The van der Waals surface area contributed by atoms with Crippen LogP contribution >= 0.6 is 23.2 Å². The van der Waals surface area contributed by atoms with E-state index in [2.05, 4.69) is 5.32 Å². The van der Waals surface area contributed by atoms with Crippen LogP contribution in [0.25, 0.3) is 0 Å². The first-order valence-corrected chi connectivity index (χ1v) is 9.15. The largest absolute Gasteiger partial charge is 0.336 e. The molecule has 142 valence electrons. The van der Waals surface area contributed by atoms with Crippen LogP contribution in [-0.2, 0) is 15.1 Å². The first kappa shape index (κ1) is 20.5. The van der Waals surface area contributed by atoms with Crippen LogP contribution in [0.4, 0.5) is 4.79 Å². The Labute approximate surface area is 163 Å². The number of rotatable bonds is 5. The van der Waals surface area contributed by atoms with E-state index in [1.165, 1.54) is 0 Å². The van der Waals surface area contributed by atoms with E-state index in [1.807, 2.05) is 27.7 Å². The smallest absolute Gasteiger partial charge is 0.325 e. The maximum atomic E-state index is 12.9. The quantitative estimate of drug-likeness (QED) is 0.771. The predicted octanol–water partition coefficient (Wildman–Crippen LogP) is 3.41. The fourth-order valence-electron chi connectivity index (χ4n) is 3.23. The molecule has 0 saturated carbocycles. The molecule has 0 radical (unpaired) electrons. The Morgan fingerprint density at radius 3 is 2.23 bits per heavy atom. The normalized spacial score (nSPS) is 20.1. The SMILES string of the molecule is CC(C)N(C(=O)CN1C(=O)NC(C)(c2ccc(Cl)c(Cl)c2)C1=O)C(C)C. The molecule has 1 aromatic carbocycles. The molecular weight excluding hydrogens is 377 g/mol. The van der Waals surface area contributed by atoms with Crippen molar-refractivity contribution in [3.63, 3.8) is 0 Å². The molecule has 6 nitrogen and oxygen atoms in total. The molecule has 0 bridgehead atoms. The zero-order chi connectivity index (χ0) is 19.8. The lowest BCUT2D eigenvalue weighted by molar-refractivity contribution is -0.141. The van der Waals surface area contributed by atoms with E-state index in [0.717, 1.165) is 4.90 Å². The van der Waals surface area contributed by atoms with Crippen LogP contribution < -0.4 is 5.32 Å². The minimum atomic E-state index is -1.30. The number of carbonyl (C=O) groups excluding carboxylic acids is 3. The number of hydrogen-bond donors (Lipinski definition) is 1. The van der Waals surface area contributed by atoms with Gasteiger partial charge in [0.2, 0.25) is 5.91 Å². The second-order valence-corrected chi connectivity index (χ2v) is 7.88. The number of urea groups is 1. The molecule has 2 rings (SSSR count). The van der Waals surface area contributed by atoms with Crippen molar-refractivity contribution in [2.75, 3.05) is 6.54 Å². The topological polar surface area (TPSA) is 69.7 Å². The molecule has 1 fully saturated rings. The van der Waals surface area contributed by atoms with Gasteiger partial charge in [-0.15, -0.1) is 0 Å². The summed E-state index contributed by atoms with van der Waals surface area (Å²) < 4.78 is 0. The monoisotopic (exact) mass is 399 g/mol. The highest BCUT2D eigenvalue weighted by Gasteiger charge is 2.50. The predicted molar refractivity (Wildman–Crippen MR) is 101 cm³/mol. The van der Waals surface area contributed by atoms with Crippen molar-refractivity contribution in [1.82, 2.24) is 15.1 Å². The number of imide groups is 1. The molecular formula is C18H23Cl2N3O3. The van der Waals surface area contributed by atoms with Gasteiger partial charge in [-0.25, -0.2) is 4.79 Å². The molecule has 1 unspecified atom stereocenters. The first-order chi connectivity index (χ1) is 12.0. The van der Waals surface area contributed by atoms with Crippen molar-refractivity contribution in [2.24, 2.45) is 0 Å². The van der Waals surface area contributed by atoms with E-state index in [4.69, 9.17) is 23.2 Å². The molecule has 1 atom stereocenters. The van der Waals surface area contributed by atoms with Gasteiger partial charge in [0.15, 0.2) is 0 Å². The molecule has 0 aliphatic carbocycles. The molecule has 8 heteroatoms. The van der Waals surface area contributed by atoms with Gasteiger partial charge >= 0.3 is 6.03 Å². The van der Waals surface area contributed by atoms with Crippen molar-refractivity contribution < 1.29 is 14.4 Å². The first-order valence-electron chi connectivity index (χ1n) is 8.39. The van der Waals surface area contributed by atoms with Crippen LogP contribution in [-0.4, -0.2) is 46.3 Å². The lowest BCUT2D eigenvalue weighted by atomic mass is 9.92. The highest BCUT2D eigenvalue weighted by Crippen LogP contribution is 2.33. The second-order valence-electron chi connectivity index (χ2n) is 7.06. The van der Waals surface area contributed by atoms with Crippen LogP contribution in [0.15, 0.2) is 18.2 Å². The van der Waals surface area contributed by atoms with Gasteiger partial charge in [0.25, 0.3) is 5.91 Å². The summed E-state index contributed by atoms with van der Waals surface area (Å²) in [6.45, 7) is 8.85. The number of halogens is 2. The van der Waals surface area contributed by atoms with Gasteiger partial charge in [-0.3, -0.25) is 14.5 Å². The highest BCUT2D eigenvalue weighted by molar-refractivity contribution is 6.42. The summed E-state index contributed by atoms with van der Waals surface area (Å²) in [4.78, 5) is 40.5. The summed E-state index contributed by atoms with van der Waals surface area (Å²) in [5, 5.41) is 3.30. The summed E-state index contributed by atoms with van der Waals surface area (Å²) in [5.74, 6) is -0.779. The molecule has 1 aliphatic heterocycles. The van der Waals surface area contributed by atoms with Crippen LogP contribution in [0.5, 0.6) is 0 Å². The van der Waals surface area contributed by atoms with Gasteiger partial charge in [-0.1, -0.05) is 29.3 Å². The number of benzene rings is 1. The Bertz CT molecular complexity index is 743. The summed E-state index contributed by atoms with van der Waals surface area (Å²) in [6, 6.07) is 4.06. The third-order valence-corrected chi connectivity index (χ3v) is 5.20. The maximum absolute atomic E-state index is 12.9. The molecule has 4 amide bonds. The average molecular weight is 400 g/mol. The van der Waals surface area contributed by atoms with Gasteiger partial charge in [-0.05, 0) is 52.3 Å². The minimum absolute atomic E-state index is 0.0373. The summed E-state index contributed by atoms with van der Waals surface area (Å²) >= 11 is 12.0. The molecule has 26 heavy (non-hydrogen) atoms. The Morgan fingerprint density at radius 2 is 1.73 bits per heavy atom.